The summed E-state index contributed by atoms with van der Waals surface area (Å²) in [4.78, 5) is 28.4. The lowest BCUT2D eigenvalue weighted by molar-refractivity contribution is 0.103. The van der Waals surface area contributed by atoms with Crippen LogP contribution in [0.4, 0.5) is 14.5 Å². The number of nitrogens with zero attached hydrogens (tertiary/aromatic N) is 3. The van der Waals surface area contributed by atoms with Crippen molar-refractivity contribution < 1.29 is 22.0 Å². The number of halogens is 2. The van der Waals surface area contributed by atoms with E-state index >= 15 is 4.39 Å². The fourth-order valence-electron chi connectivity index (χ4n) is 3.22. The lowest BCUT2D eigenvalue weighted by atomic mass is 10.0. The minimum atomic E-state index is -3.84. The number of hydrogen-bond donors (Lipinski definition) is 2. The molecule has 0 saturated carbocycles. The zero-order valence-electron chi connectivity index (χ0n) is 16.8. The maximum Gasteiger partial charge on any atom is 0.232 e. The number of pyridine rings is 1. The molecule has 32 heavy (non-hydrogen) atoms. The third kappa shape index (κ3) is 4.06. The first kappa shape index (κ1) is 21.5. The average Bonchev–Trinajstić information content (AvgIpc) is 3.19. The molecule has 3 aromatic heterocycles. The molecule has 0 aliphatic carbocycles. The van der Waals surface area contributed by atoms with Crippen LogP contribution in [-0.4, -0.2) is 39.9 Å². The van der Waals surface area contributed by atoms with E-state index in [0.717, 1.165) is 12.1 Å². The van der Waals surface area contributed by atoms with Crippen molar-refractivity contribution in [3.8, 4) is 11.4 Å². The van der Waals surface area contributed by atoms with Gasteiger partial charge >= 0.3 is 0 Å². The third-order valence-electron chi connectivity index (χ3n) is 4.66. The van der Waals surface area contributed by atoms with Crippen LogP contribution in [0.15, 0.2) is 49.1 Å². The standard InChI is InChI=1S/C21H17F2N5O3S/c1-2-8-32(30,31)28-16-5-4-15(22)17(18(16)23)19(29)14-11-27-21-13(14)9-12(10-26-21)20-24-6-3-7-25-20/h3-7,9-11,28H,2,8H2,1H3,(H,26,27). The van der Waals surface area contributed by atoms with Crippen LogP contribution >= 0.6 is 0 Å². The van der Waals surface area contributed by atoms with Crippen LogP contribution in [0.1, 0.15) is 29.3 Å². The van der Waals surface area contributed by atoms with Crippen molar-refractivity contribution in [2.45, 2.75) is 13.3 Å². The molecule has 0 aliphatic rings. The van der Waals surface area contributed by atoms with Crippen molar-refractivity contribution >= 4 is 32.5 Å². The van der Waals surface area contributed by atoms with Gasteiger partial charge in [-0.1, -0.05) is 6.92 Å². The van der Waals surface area contributed by atoms with Gasteiger partial charge in [0.15, 0.2) is 11.6 Å². The molecule has 164 valence electrons. The van der Waals surface area contributed by atoms with Gasteiger partial charge in [-0.15, -0.1) is 0 Å². The van der Waals surface area contributed by atoms with E-state index < -0.39 is 38.7 Å². The first-order valence-electron chi connectivity index (χ1n) is 9.58. The molecule has 0 radical (unpaired) electrons. The molecule has 8 nitrogen and oxygen atoms in total. The monoisotopic (exact) mass is 457 g/mol. The highest BCUT2D eigenvalue weighted by Crippen LogP contribution is 2.28. The molecular weight excluding hydrogens is 440 g/mol. The smallest absolute Gasteiger partial charge is 0.232 e. The highest BCUT2D eigenvalue weighted by atomic mass is 32.2. The predicted octanol–water partition coefficient (Wildman–Crippen LogP) is 3.68. The fraction of sp³-hybridized carbons (Fsp3) is 0.143. The van der Waals surface area contributed by atoms with Crippen LogP contribution in [0.5, 0.6) is 0 Å². The zero-order valence-corrected chi connectivity index (χ0v) is 17.6. The number of carbonyl (C=O) groups excluding carboxylic acids is 1. The summed E-state index contributed by atoms with van der Waals surface area (Å²) in [5, 5.41) is 0.315. The minimum Gasteiger partial charge on any atom is -0.345 e. The van der Waals surface area contributed by atoms with E-state index in [0.29, 0.717) is 28.8 Å². The maximum atomic E-state index is 15.1. The second kappa shape index (κ2) is 8.42. The Hall–Kier alpha value is -3.73. The molecule has 0 spiro atoms. The molecule has 11 heteroatoms. The van der Waals surface area contributed by atoms with Crippen LogP contribution in [0.2, 0.25) is 0 Å². The number of rotatable bonds is 7. The maximum absolute atomic E-state index is 15.1. The predicted molar refractivity (Wildman–Crippen MR) is 115 cm³/mol. The second-order valence-electron chi connectivity index (χ2n) is 6.93. The van der Waals surface area contributed by atoms with E-state index in [1.165, 1.54) is 12.4 Å². The van der Waals surface area contributed by atoms with Crippen molar-refractivity contribution in [1.82, 2.24) is 19.9 Å². The number of nitrogens with one attached hydrogen (secondary N) is 2. The summed E-state index contributed by atoms with van der Waals surface area (Å²) in [6.45, 7) is 1.65. The summed E-state index contributed by atoms with van der Waals surface area (Å²) in [7, 11) is -3.84. The quantitative estimate of drug-likeness (QED) is 0.409. The number of aromatic amines is 1. The van der Waals surface area contributed by atoms with Crippen molar-refractivity contribution in [3.05, 3.63) is 71.8 Å². The van der Waals surface area contributed by atoms with Crippen LogP contribution in [-0.2, 0) is 10.0 Å². The molecule has 0 aliphatic heterocycles. The summed E-state index contributed by atoms with van der Waals surface area (Å²) in [5.74, 6) is -3.25. The van der Waals surface area contributed by atoms with Crippen molar-refractivity contribution in [3.63, 3.8) is 0 Å². The molecule has 0 saturated heterocycles. The molecule has 0 unspecified atom stereocenters. The van der Waals surface area contributed by atoms with E-state index in [-0.39, 0.29) is 11.3 Å². The number of anilines is 1. The molecule has 4 rings (SSSR count). The number of benzene rings is 1. The lowest BCUT2D eigenvalue weighted by Gasteiger charge is -2.11. The van der Waals surface area contributed by atoms with Gasteiger partial charge in [-0.05, 0) is 30.7 Å². The summed E-state index contributed by atoms with van der Waals surface area (Å²) >= 11 is 0. The van der Waals surface area contributed by atoms with Gasteiger partial charge in [0, 0.05) is 41.3 Å². The van der Waals surface area contributed by atoms with Crippen molar-refractivity contribution in [2.75, 3.05) is 10.5 Å². The van der Waals surface area contributed by atoms with E-state index in [9.17, 15) is 17.6 Å². The van der Waals surface area contributed by atoms with Crippen molar-refractivity contribution in [2.24, 2.45) is 0 Å². The highest BCUT2D eigenvalue weighted by Gasteiger charge is 2.26. The van der Waals surface area contributed by atoms with Gasteiger partial charge in [0.1, 0.15) is 11.5 Å². The first-order valence-corrected chi connectivity index (χ1v) is 11.2. The summed E-state index contributed by atoms with van der Waals surface area (Å²) in [6.07, 6.45) is 6.20. The Kier molecular flexibility index (Phi) is 5.66. The van der Waals surface area contributed by atoms with Crippen LogP contribution < -0.4 is 4.72 Å². The molecule has 0 fully saturated rings. The molecule has 0 atom stereocenters. The number of H-pyrrole nitrogens is 1. The first-order chi connectivity index (χ1) is 15.3. The lowest BCUT2D eigenvalue weighted by Crippen LogP contribution is -2.18. The Morgan fingerprint density at radius 2 is 1.91 bits per heavy atom. The van der Waals surface area contributed by atoms with Gasteiger partial charge in [-0.2, -0.15) is 0 Å². The van der Waals surface area contributed by atoms with Crippen LogP contribution in [0.25, 0.3) is 22.4 Å². The number of fused-ring (bicyclic) bond motifs is 1. The van der Waals surface area contributed by atoms with Gasteiger partial charge in [0.05, 0.1) is 17.0 Å². The minimum absolute atomic E-state index is 0.0309. The van der Waals surface area contributed by atoms with Gasteiger partial charge in [-0.3, -0.25) is 9.52 Å². The van der Waals surface area contributed by atoms with E-state index in [2.05, 4.69) is 24.7 Å². The Bertz CT molecular complexity index is 1420. The average molecular weight is 457 g/mol. The Morgan fingerprint density at radius 1 is 1.16 bits per heavy atom. The largest absolute Gasteiger partial charge is 0.345 e. The number of hydrogen-bond acceptors (Lipinski definition) is 6. The Morgan fingerprint density at radius 3 is 2.62 bits per heavy atom. The summed E-state index contributed by atoms with van der Waals surface area (Å²) in [6, 6.07) is 5.02. The fourth-order valence-corrected chi connectivity index (χ4v) is 4.36. The topological polar surface area (TPSA) is 118 Å². The van der Waals surface area contributed by atoms with Crippen molar-refractivity contribution in [1.29, 1.82) is 0 Å². The van der Waals surface area contributed by atoms with E-state index in [4.69, 9.17) is 0 Å². The highest BCUT2D eigenvalue weighted by molar-refractivity contribution is 7.92. The van der Waals surface area contributed by atoms with Crippen LogP contribution in [0.3, 0.4) is 0 Å². The van der Waals surface area contributed by atoms with Gasteiger partial charge < -0.3 is 4.98 Å². The molecule has 4 aromatic rings. The molecule has 1 aromatic carbocycles. The Balaban J connectivity index is 1.79. The molecule has 2 N–H and O–H groups in total. The van der Waals surface area contributed by atoms with Gasteiger partial charge in [0.25, 0.3) is 0 Å². The molecular formula is C21H17F2N5O3S. The number of aromatic nitrogens is 4. The van der Waals surface area contributed by atoms with E-state index in [1.54, 1.807) is 31.5 Å². The summed E-state index contributed by atoms with van der Waals surface area (Å²) in [5.41, 5.74) is -0.567. The number of carbonyl (C=O) groups is 1. The second-order valence-corrected chi connectivity index (χ2v) is 8.77. The van der Waals surface area contributed by atoms with E-state index in [1.807, 2.05) is 0 Å². The molecule has 0 bridgehead atoms. The Labute approximate surface area is 181 Å². The SMILES string of the molecule is CCCS(=O)(=O)Nc1ccc(F)c(C(=O)c2c[nH]c3ncc(-c4ncccn4)cc23)c1F. The molecule has 3 heterocycles. The molecule has 0 amide bonds. The van der Waals surface area contributed by atoms with Gasteiger partial charge in [-0.25, -0.2) is 32.2 Å². The normalized spacial score (nSPS) is 11.6. The van der Waals surface area contributed by atoms with Gasteiger partial charge in [0.2, 0.25) is 15.8 Å². The third-order valence-corrected chi connectivity index (χ3v) is 6.13. The summed E-state index contributed by atoms with van der Waals surface area (Å²) < 4.78 is 55.7. The number of sulfonamides is 1. The zero-order chi connectivity index (χ0) is 22.9. The number of ketones is 1. The van der Waals surface area contributed by atoms with Crippen LogP contribution in [0, 0.1) is 11.6 Å².